The van der Waals surface area contributed by atoms with E-state index >= 15 is 0 Å². The minimum atomic E-state index is -3.71. The summed E-state index contributed by atoms with van der Waals surface area (Å²) >= 11 is 0. The molecule has 1 aliphatic carbocycles. The van der Waals surface area contributed by atoms with Gasteiger partial charge >= 0.3 is 0 Å². The molecule has 0 unspecified atom stereocenters. The molecule has 0 spiro atoms. The second-order valence-corrected chi connectivity index (χ2v) is 9.36. The first kappa shape index (κ1) is 19.8. The van der Waals surface area contributed by atoms with Gasteiger partial charge in [0.2, 0.25) is 21.8 Å². The van der Waals surface area contributed by atoms with Crippen LogP contribution >= 0.6 is 0 Å². The molecular formula is C20H24N4O4S. The molecule has 2 aromatic rings. The fraction of sp³-hybridized carbons (Fsp3) is 0.450. The van der Waals surface area contributed by atoms with Crippen LogP contribution in [0.2, 0.25) is 0 Å². The van der Waals surface area contributed by atoms with Crippen LogP contribution in [0.5, 0.6) is 5.88 Å². The number of carbonyl (C=O) groups excluding carboxylic acids is 1. The second kappa shape index (κ2) is 7.72. The summed E-state index contributed by atoms with van der Waals surface area (Å²) in [5, 5.41) is 2.63. The zero-order chi connectivity index (χ0) is 20.6. The molecule has 1 amide bonds. The van der Waals surface area contributed by atoms with Crippen molar-refractivity contribution < 1.29 is 17.9 Å². The first-order valence-electron chi connectivity index (χ1n) is 9.77. The maximum atomic E-state index is 13.4. The molecule has 2 aromatic heterocycles. The molecule has 29 heavy (non-hydrogen) atoms. The van der Waals surface area contributed by atoms with Crippen molar-refractivity contribution in [3.63, 3.8) is 0 Å². The van der Waals surface area contributed by atoms with Gasteiger partial charge in [-0.15, -0.1) is 0 Å². The molecule has 0 bridgehead atoms. The van der Waals surface area contributed by atoms with Gasteiger partial charge in [-0.25, -0.2) is 18.4 Å². The standard InChI is InChI=1S/C20H24N4O4S/c1-3-14-8-17(9-14)24-6-7-28-20-18(29(24,26)27)10-16(12-22-20)15-4-5-21-19(11-15)23-13(2)25/h4-5,10-12,14,17H,3,6-9H2,1-2H3,(H,21,23,25). The Kier molecular flexibility index (Phi) is 5.26. The highest BCUT2D eigenvalue weighted by atomic mass is 32.2. The topological polar surface area (TPSA) is 101 Å². The molecule has 4 rings (SSSR count). The van der Waals surface area contributed by atoms with Gasteiger partial charge in [0.1, 0.15) is 17.3 Å². The van der Waals surface area contributed by atoms with E-state index in [4.69, 9.17) is 4.74 Å². The Labute approximate surface area is 170 Å². The zero-order valence-corrected chi connectivity index (χ0v) is 17.3. The van der Waals surface area contributed by atoms with E-state index in [1.165, 1.54) is 6.92 Å². The number of sulfonamides is 1. The number of nitrogens with zero attached hydrogens (tertiary/aromatic N) is 3. The molecule has 3 heterocycles. The van der Waals surface area contributed by atoms with Crippen molar-refractivity contribution in [1.82, 2.24) is 14.3 Å². The van der Waals surface area contributed by atoms with Crippen LogP contribution in [0.1, 0.15) is 33.1 Å². The Morgan fingerprint density at radius 1 is 1.28 bits per heavy atom. The summed E-state index contributed by atoms with van der Waals surface area (Å²) in [6.07, 6.45) is 5.99. The lowest BCUT2D eigenvalue weighted by Crippen LogP contribution is -2.48. The Bertz CT molecular complexity index is 1030. The van der Waals surface area contributed by atoms with Crippen LogP contribution in [0.25, 0.3) is 11.1 Å². The molecule has 1 fully saturated rings. The molecule has 1 saturated carbocycles. The Hall–Kier alpha value is -2.52. The molecule has 0 aromatic carbocycles. The lowest BCUT2D eigenvalue weighted by Gasteiger charge is -2.41. The van der Waals surface area contributed by atoms with E-state index in [1.807, 2.05) is 0 Å². The fourth-order valence-corrected chi connectivity index (χ4v) is 5.61. The normalized spacial score (nSPS) is 23.2. The maximum absolute atomic E-state index is 13.4. The molecule has 154 valence electrons. The van der Waals surface area contributed by atoms with E-state index in [-0.39, 0.29) is 29.3 Å². The molecule has 0 radical (unpaired) electrons. The lowest BCUT2D eigenvalue weighted by atomic mass is 9.79. The van der Waals surface area contributed by atoms with Gasteiger partial charge in [0.05, 0.1) is 0 Å². The van der Waals surface area contributed by atoms with Crippen molar-refractivity contribution in [2.45, 2.75) is 44.0 Å². The first-order valence-corrected chi connectivity index (χ1v) is 11.2. The van der Waals surface area contributed by atoms with Crippen molar-refractivity contribution in [3.05, 3.63) is 30.6 Å². The van der Waals surface area contributed by atoms with Crippen molar-refractivity contribution in [2.75, 3.05) is 18.5 Å². The Morgan fingerprint density at radius 3 is 2.79 bits per heavy atom. The molecule has 1 N–H and O–H groups in total. The first-order chi connectivity index (χ1) is 13.9. The van der Waals surface area contributed by atoms with Crippen LogP contribution in [0.3, 0.4) is 0 Å². The monoisotopic (exact) mass is 416 g/mol. The summed E-state index contributed by atoms with van der Waals surface area (Å²) < 4.78 is 34.0. The lowest BCUT2D eigenvalue weighted by molar-refractivity contribution is -0.114. The summed E-state index contributed by atoms with van der Waals surface area (Å²) in [4.78, 5) is 19.8. The molecular weight excluding hydrogens is 392 g/mol. The SMILES string of the molecule is CCC1CC(N2CCOc3ncc(-c4ccnc(NC(C)=O)c4)cc3S2(=O)=O)C1. The van der Waals surface area contributed by atoms with Gasteiger partial charge < -0.3 is 10.1 Å². The van der Waals surface area contributed by atoms with Crippen LogP contribution in [-0.2, 0) is 14.8 Å². The van der Waals surface area contributed by atoms with Gasteiger partial charge in [-0.1, -0.05) is 13.3 Å². The number of nitrogens with one attached hydrogen (secondary N) is 1. The number of aromatic nitrogens is 2. The van der Waals surface area contributed by atoms with E-state index < -0.39 is 10.0 Å². The predicted octanol–water partition coefficient (Wildman–Crippen LogP) is 2.67. The third-order valence-electron chi connectivity index (χ3n) is 5.55. The van der Waals surface area contributed by atoms with E-state index in [1.54, 1.807) is 34.9 Å². The number of ether oxygens (including phenoxy) is 1. The number of hydrogen-bond acceptors (Lipinski definition) is 6. The van der Waals surface area contributed by atoms with Crippen molar-refractivity contribution in [2.24, 2.45) is 5.92 Å². The van der Waals surface area contributed by atoms with Crippen LogP contribution in [0.15, 0.2) is 35.5 Å². The third-order valence-corrected chi connectivity index (χ3v) is 7.49. The average Bonchev–Trinajstić information content (AvgIpc) is 2.77. The highest BCUT2D eigenvalue weighted by Crippen LogP contribution is 2.39. The van der Waals surface area contributed by atoms with Crippen molar-refractivity contribution in [1.29, 1.82) is 0 Å². The van der Waals surface area contributed by atoms with Gasteiger partial charge in [-0.05, 0) is 42.5 Å². The van der Waals surface area contributed by atoms with Crippen LogP contribution in [-0.4, -0.2) is 47.8 Å². The van der Waals surface area contributed by atoms with Crippen molar-refractivity contribution in [3.8, 4) is 17.0 Å². The van der Waals surface area contributed by atoms with E-state index in [0.29, 0.717) is 29.4 Å². The summed E-state index contributed by atoms with van der Waals surface area (Å²) in [6, 6.07) is 5.05. The van der Waals surface area contributed by atoms with E-state index in [0.717, 1.165) is 19.3 Å². The third kappa shape index (κ3) is 3.84. The van der Waals surface area contributed by atoms with Gasteiger partial charge in [-0.3, -0.25) is 4.79 Å². The molecule has 0 saturated heterocycles. The molecule has 8 nitrogen and oxygen atoms in total. The highest BCUT2D eigenvalue weighted by Gasteiger charge is 2.41. The number of pyridine rings is 2. The number of fused-ring (bicyclic) bond motifs is 1. The van der Waals surface area contributed by atoms with Crippen molar-refractivity contribution >= 4 is 21.7 Å². The molecule has 1 aliphatic heterocycles. The minimum Gasteiger partial charge on any atom is -0.475 e. The predicted molar refractivity (Wildman–Crippen MR) is 108 cm³/mol. The Balaban J connectivity index is 1.69. The summed E-state index contributed by atoms with van der Waals surface area (Å²) in [5.74, 6) is 0.893. The van der Waals surface area contributed by atoms with Gasteiger partial charge in [-0.2, -0.15) is 4.31 Å². The summed E-state index contributed by atoms with van der Waals surface area (Å²) in [5.41, 5.74) is 1.33. The smallest absolute Gasteiger partial charge is 0.248 e. The number of rotatable bonds is 4. The van der Waals surface area contributed by atoms with Gasteiger partial charge in [0.25, 0.3) is 0 Å². The summed E-state index contributed by atoms with van der Waals surface area (Å²) in [6.45, 7) is 4.15. The molecule has 2 aliphatic rings. The molecule has 9 heteroatoms. The zero-order valence-electron chi connectivity index (χ0n) is 16.5. The van der Waals surface area contributed by atoms with Gasteiger partial charge in [0.15, 0.2) is 0 Å². The van der Waals surface area contributed by atoms with Crippen LogP contribution in [0, 0.1) is 5.92 Å². The highest BCUT2D eigenvalue weighted by molar-refractivity contribution is 7.89. The fourth-order valence-electron chi connectivity index (χ4n) is 3.87. The number of hydrogen-bond donors (Lipinski definition) is 1. The van der Waals surface area contributed by atoms with Crippen LogP contribution < -0.4 is 10.1 Å². The van der Waals surface area contributed by atoms with E-state index in [9.17, 15) is 13.2 Å². The largest absolute Gasteiger partial charge is 0.475 e. The quantitative estimate of drug-likeness (QED) is 0.822. The maximum Gasteiger partial charge on any atom is 0.248 e. The molecule has 0 atom stereocenters. The summed E-state index contributed by atoms with van der Waals surface area (Å²) in [7, 11) is -3.71. The Morgan fingerprint density at radius 2 is 2.07 bits per heavy atom. The number of anilines is 1. The van der Waals surface area contributed by atoms with Gasteiger partial charge in [0, 0.05) is 37.5 Å². The average molecular weight is 417 g/mol. The number of amides is 1. The van der Waals surface area contributed by atoms with E-state index in [2.05, 4.69) is 22.2 Å². The second-order valence-electron chi connectivity index (χ2n) is 7.50. The minimum absolute atomic E-state index is 0.0236. The number of carbonyl (C=O) groups is 1. The van der Waals surface area contributed by atoms with Crippen LogP contribution in [0.4, 0.5) is 5.82 Å².